The van der Waals surface area contributed by atoms with Crippen molar-refractivity contribution in [3.63, 3.8) is 0 Å². The van der Waals surface area contributed by atoms with Gasteiger partial charge < -0.3 is 4.52 Å². The molecule has 19 heavy (non-hydrogen) atoms. The molecule has 0 radical (unpaired) electrons. The molecule has 0 aliphatic rings. The van der Waals surface area contributed by atoms with E-state index in [1.807, 2.05) is 39.0 Å². The Morgan fingerprint density at radius 3 is 2.74 bits per heavy atom. The summed E-state index contributed by atoms with van der Waals surface area (Å²) in [6.45, 7) is 6.06. The van der Waals surface area contributed by atoms with Crippen molar-refractivity contribution in [2.24, 2.45) is 0 Å². The van der Waals surface area contributed by atoms with Gasteiger partial charge in [-0.15, -0.1) is 0 Å². The molecule has 4 heteroatoms. The van der Waals surface area contributed by atoms with Gasteiger partial charge in [0.2, 0.25) is 0 Å². The monoisotopic (exact) mass is 258 g/mol. The van der Waals surface area contributed by atoms with Gasteiger partial charge in [-0.3, -0.25) is 4.79 Å². The second-order valence-corrected chi connectivity index (χ2v) is 4.85. The first-order valence-corrected chi connectivity index (χ1v) is 6.59. The number of hydrogen-bond acceptors (Lipinski definition) is 4. The molecule has 0 bridgehead atoms. The van der Waals surface area contributed by atoms with Gasteiger partial charge in [0.25, 0.3) is 0 Å². The first-order valence-electron chi connectivity index (χ1n) is 6.59. The molecule has 0 atom stereocenters. The normalized spacial score (nSPS) is 10.9. The zero-order valence-corrected chi connectivity index (χ0v) is 11.5. The van der Waals surface area contributed by atoms with Crippen molar-refractivity contribution >= 4 is 5.78 Å². The molecule has 0 saturated heterocycles. The molecule has 0 aromatic carbocycles. The number of Topliss-reactive ketones (excluding diaryl/α,β-unsaturated/α-hetero) is 1. The predicted octanol–water partition coefficient (Wildman–Crippen LogP) is 3.84. The van der Waals surface area contributed by atoms with Crippen LogP contribution in [0.2, 0.25) is 0 Å². The van der Waals surface area contributed by atoms with Crippen LogP contribution in [-0.2, 0) is 0 Å². The molecule has 100 valence electrons. The summed E-state index contributed by atoms with van der Waals surface area (Å²) in [4.78, 5) is 16.2. The number of ketones is 1. The van der Waals surface area contributed by atoms with Crippen LogP contribution in [0.25, 0.3) is 11.4 Å². The Bertz CT molecular complexity index is 573. The van der Waals surface area contributed by atoms with Crippen molar-refractivity contribution in [1.82, 2.24) is 10.1 Å². The van der Waals surface area contributed by atoms with E-state index in [1.165, 1.54) is 0 Å². The number of aromatic nitrogens is 2. The lowest BCUT2D eigenvalue weighted by atomic mass is 10.1. The van der Waals surface area contributed by atoms with Crippen LogP contribution in [0.3, 0.4) is 0 Å². The number of rotatable bonds is 5. The zero-order valence-electron chi connectivity index (χ0n) is 11.5. The van der Waals surface area contributed by atoms with Crippen LogP contribution in [0.4, 0.5) is 0 Å². The minimum atomic E-state index is 0.0666. The molecule has 2 aromatic rings. The van der Waals surface area contributed by atoms with Crippen LogP contribution in [0.1, 0.15) is 55.8 Å². The van der Waals surface area contributed by atoms with Crippen molar-refractivity contribution in [2.45, 2.75) is 39.5 Å². The number of hydrogen-bond donors (Lipinski definition) is 0. The second-order valence-electron chi connectivity index (χ2n) is 4.85. The Morgan fingerprint density at radius 2 is 2.11 bits per heavy atom. The Kier molecular flexibility index (Phi) is 4.10. The van der Waals surface area contributed by atoms with Crippen LogP contribution >= 0.6 is 0 Å². The molecule has 2 aromatic heterocycles. The summed E-state index contributed by atoms with van der Waals surface area (Å²) >= 11 is 0. The standard InChI is InChI=1S/C15H18N2O2/c1-4-6-14(18)12-8-5-7-11(16-12)13-9-15(10(2)3)19-17-13/h5,7-10H,4,6H2,1-3H3. The quantitative estimate of drug-likeness (QED) is 0.764. The number of nitrogens with zero attached hydrogens (tertiary/aromatic N) is 2. The van der Waals surface area contributed by atoms with Gasteiger partial charge in [0.1, 0.15) is 17.1 Å². The maximum atomic E-state index is 11.8. The maximum absolute atomic E-state index is 11.8. The number of carbonyl (C=O) groups excluding carboxylic acids is 1. The Labute approximate surface area is 112 Å². The fourth-order valence-corrected chi connectivity index (χ4v) is 1.77. The first-order chi connectivity index (χ1) is 9.11. The van der Waals surface area contributed by atoms with Gasteiger partial charge in [-0.2, -0.15) is 0 Å². The highest BCUT2D eigenvalue weighted by molar-refractivity contribution is 5.94. The highest BCUT2D eigenvalue weighted by atomic mass is 16.5. The van der Waals surface area contributed by atoms with E-state index in [4.69, 9.17) is 4.52 Å². The maximum Gasteiger partial charge on any atom is 0.181 e. The summed E-state index contributed by atoms with van der Waals surface area (Å²) < 4.78 is 5.25. The SMILES string of the molecule is CCCC(=O)c1cccc(-c2cc(C(C)C)on2)n1. The third kappa shape index (κ3) is 3.08. The minimum Gasteiger partial charge on any atom is -0.360 e. The number of carbonyl (C=O) groups is 1. The topological polar surface area (TPSA) is 56.0 Å². The summed E-state index contributed by atoms with van der Waals surface area (Å²) in [6, 6.07) is 7.28. The van der Waals surface area contributed by atoms with Gasteiger partial charge in [0.05, 0.1) is 5.69 Å². The molecule has 0 aliphatic carbocycles. The first kappa shape index (κ1) is 13.5. The van der Waals surface area contributed by atoms with E-state index in [-0.39, 0.29) is 11.7 Å². The fourth-order valence-electron chi connectivity index (χ4n) is 1.77. The van der Waals surface area contributed by atoms with E-state index in [0.717, 1.165) is 12.2 Å². The Balaban J connectivity index is 2.29. The third-order valence-corrected chi connectivity index (χ3v) is 2.87. The molecule has 2 rings (SSSR count). The van der Waals surface area contributed by atoms with Crippen molar-refractivity contribution in [3.05, 3.63) is 35.7 Å². The Hall–Kier alpha value is -1.97. The van der Waals surface area contributed by atoms with Crippen LogP contribution in [-0.4, -0.2) is 15.9 Å². The average molecular weight is 258 g/mol. The molecule has 0 N–H and O–H groups in total. The average Bonchev–Trinajstić information content (AvgIpc) is 2.89. The summed E-state index contributed by atoms with van der Waals surface area (Å²) in [7, 11) is 0. The molecule has 0 spiro atoms. The van der Waals surface area contributed by atoms with E-state index in [0.29, 0.717) is 23.5 Å². The zero-order chi connectivity index (χ0) is 13.8. The second kappa shape index (κ2) is 5.78. The molecule has 0 fully saturated rings. The van der Waals surface area contributed by atoms with E-state index in [9.17, 15) is 4.79 Å². The van der Waals surface area contributed by atoms with Gasteiger partial charge in [-0.25, -0.2) is 4.98 Å². The lowest BCUT2D eigenvalue weighted by Crippen LogP contribution is -2.02. The van der Waals surface area contributed by atoms with Crippen LogP contribution < -0.4 is 0 Å². The lowest BCUT2D eigenvalue weighted by molar-refractivity contribution is 0.0977. The molecular weight excluding hydrogens is 240 g/mol. The molecule has 0 saturated carbocycles. The van der Waals surface area contributed by atoms with Crippen LogP contribution in [0, 0.1) is 0 Å². The lowest BCUT2D eigenvalue weighted by Gasteiger charge is -2.00. The van der Waals surface area contributed by atoms with Crippen LogP contribution in [0.5, 0.6) is 0 Å². The van der Waals surface area contributed by atoms with Gasteiger partial charge >= 0.3 is 0 Å². The molecule has 0 amide bonds. The van der Waals surface area contributed by atoms with Gasteiger partial charge in [-0.05, 0) is 18.6 Å². The largest absolute Gasteiger partial charge is 0.360 e. The Morgan fingerprint density at radius 1 is 1.32 bits per heavy atom. The number of pyridine rings is 1. The van der Waals surface area contributed by atoms with Crippen molar-refractivity contribution < 1.29 is 9.32 Å². The molecular formula is C15H18N2O2. The predicted molar refractivity (Wildman–Crippen MR) is 73.1 cm³/mol. The van der Waals surface area contributed by atoms with Gasteiger partial charge in [0, 0.05) is 18.4 Å². The molecule has 0 unspecified atom stereocenters. The summed E-state index contributed by atoms with van der Waals surface area (Å²) in [5.41, 5.74) is 1.85. The van der Waals surface area contributed by atoms with Crippen molar-refractivity contribution in [3.8, 4) is 11.4 Å². The fraction of sp³-hybridized carbons (Fsp3) is 0.400. The van der Waals surface area contributed by atoms with Crippen molar-refractivity contribution in [1.29, 1.82) is 0 Å². The van der Waals surface area contributed by atoms with E-state index >= 15 is 0 Å². The highest BCUT2D eigenvalue weighted by Gasteiger charge is 2.12. The third-order valence-electron chi connectivity index (χ3n) is 2.87. The minimum absolute atomic E-state index is 0.0666. The van der Waals surface area contributed by atoms with Crippen molar-refractivity contribution in [2.75, 3.05) is 0 Å². The van der Waals surface area contributed by atoms with E-state index in [1.54, 1.807) is 6.07 Å². The summed E-state index contributed by atoms with van der Waals surface area (Å²) in [6.07, 6.45) is 1.35. The van der Waals surface area contributed by atoms with Gasteiger partial charge in [-0.1, -0.05) is 32.0 Å². The van der Waals surface area contributed by atoms with E-state index < -0.39 is 0 Å². The van der Waals surface area contributed by atoms with Gasteiger partial charge in [0.15, 0.2) is 5.78 Å². The van der Waals surface area contributed by atoms with Crippen LogP contribution in [0.15, 0.2) is 28.8 Å². The molecule has 0 aliphatic heterocycles. The summed E-state index contributed by atoms with van der Waals surface area (Å²) in [5, 5.41) is 4.01. The summed E-state index contributed by atoms with van der Waals surface area (Å²) in [5.74, 6) is 1.17. The van der Waals surface area contributed by atoms with E-state index in [2.05, 4.69) is 10.1 Å². The highest BCUT2D eigenvalue weighted by Crippen LogP contribution is 2.22. The molecule has 2 heterocycles. The molecule has 4 nitrogen and oxygen atoms in total. The smallest absolute Gasteiger partial charge is 0.181 e.